The number of alkyl halides is 3. The number of hydrogen-bond acceptors (Lipinski definition) is 7. The van der Waals surface area contributed by atoms with Crippen LogP contribution in [0.3, 0.4) is 0 Å². The number of hydrogen-bond donors (Lipinski definition) is 0. The predicted molar refractivity (Wildman–Crippen MR) is 115 cm³/mol. The molecule has 1 aliphatic heterocycles. The van der Waals surface area contributed by atoms with Gasteiger partial charge in [-0.1, -0.05) is 11.2 Å². The fraction of sp³-hybridized carbons (Fsp3) is 0.364. The minimum absolute atomic E-state index is 0.0200. The van der Waals surface area contributed by atoms with Crippen LogP contribution in [0.15, 0.2) is 51.9 Å². The molecule has 4 rings (SSSR count). The zero-order valence-corrected chi connectivity index (χ0v) is 19.2. The normalized spacial score (nSPS) is 17.5. The molecule has 0 bridgehead atoms. The van der Waals surface area contributed by atoms with Crippen molar-refractivity contribution in [3.8, 4) is 22.9 Å². The van der Waals surface area contributed by atoms with Gasteiger partial charge in [-0.05, 0) is 49.2 Å². The average molecular weight is 497 g/mol. The average Bonchev–Trinajstić information content (AvgIpc) is 3.33. The van der Waals surface area contributed by atoms with Crippen molar-refractivity contribution in [3.63, 3.8) is 0 Å². The first-order valence-corrected chi connectivity index (χ1v) is 11.8. The molecule has 1 saturated heterocycles. The molecule has 1 atom stereocenters. The lowest BCUT2D eigenvalue weighted by Gasteiger charge is -2.30. The molecule has 182 valence electrons. The van der Waals surface area contributed by atoms with Crippen molar-refractivity contribution < 1.29 is 35.6 Å². The van der Waals surface area contributed by atoms with Crippen LogP contribution in [-0.2, 0) is 16.2 Å². The van der Waals surface area contributed by atoms with E-state index in [4.69, 9.17) is 14.0 Å². The van der Waals surface area contributed by atoms with Gasteiger partial charge in [0.2, 0.25) is 21.7 Å². The summed E-state index contributed by atoms with van der Waals surface area (Å²) < 4.78 is 82.4. The van der Waals surface area contributed by atoms with Gasteiger partial charge in [0.15, 0.2) is 11.5 Å². The lowest BCUT2D eigenvalue weighted by molar-refractivity contribution is -0.137. The SMILES string of the molecule is COc1ccc(-c2noc([C@H]3CCCN(S(=O)(=O)c4cccc(C(F)(F)F)c4)C3)n2)cc1OC. The van der Waals surface area contributed by atoms with E-state index in [1.807, 2.05) is 0 Å². The Morgan fingerprint density at radius 2 is 1.85 bits per heavy atom. The summed E-state index contributed by atoms with van der Waals surface area (Å²) in [5.41, 5.74) is -0.393. The highest BCUT2D eigenvalue weighted by atomic mass is 32.2. The van der Waals surface area contributed by atoms with Crippen LogP contribution in [-0.4, -0.2) is 50.2 Å². The zero-order chi connectivity index (χ0) is 24.5. The second-order valence-corrected chi connectivity index (χ2v) is 9.69. The number of piperidine rings is 1. The fourth-order valence-corrected chi connectivity index (χ4v) is 5.41. The largest absolute Gasteiger partial charge is 0.493 e. The van der Waals surface area contributed by atoms with Crippen molar-refractivity contribution in [3.05, 3.63) is 53.9 Å². The summed E-state index contributed by atoms with van der Waals surface area (Å²) >= 11 is 0. The van der Waals surface area contributed by atoms with Crippen LogP contribution in [0.2, 0.25) is 0 Å². The van der Waals surface area contributed by atoms with Gasteiger partial charge in [0.05, 0.1) is 30.6 Å². The summed E-state index contributed by atoms with van der Waals surface area (Å²) in [5, 5.41) is 4.00. The number of ether oxygens (including phenoxy) is 2. The highest BCUT2D eigenvalue weighted by molar-refractivity contribution is 7.89. The number of sulfonamides is 1. The fourth-order valence-electron chi connectivity index (χ4n) is 3.84. The van der Waals surface area contributed by atoms with Crippen LogP contribution in [0, 0.1) is 0 Å². The molecule has 0 saturated carbocycles. The molecule has 0 unspecified atom stereocenters. The topological polar surface area (TPSA) is 94.8 Å². The molecule has 1 fully saturated rings. The van der Waals surface area contributed by atoms with Crippen molar-refractivity contribution in [1.29, 1.82) is 0 Å². The molecule has 0 radical (unpaired) electrons. The number of nitrogens with zero attached hydrogens (tertiary/aromatic N) is 3. The van der Waals surface area contributed by atoms with Crippen molar-refractivity contribution >= 4 is 10.0 Å². The molecular weight excluding hydrogens is 475 g/mol. The van der Waals surface area contributed by atoms with Crippen LogP contribution >= 0.6 is 0 Å². The maximum absolute atomic E-state index is 13.1. The van der Waals surface area contributed by atoms with Crippen LogP contribution in [0.4, 0.5) is 13.2 Å². The summed E-state index contributed by atoms with van der Waals surface area (Å²) in [5.74, 6) is 1.19. The summed E-state index contributed by atoms with van der Waals surface area (Å²) in [7, 11) is -1.11. The molecule has 2 heterocycles. The summed E-state index contributed by atoms with van der Waals surface area (Å²) in [4.78, 5) is 4.02. The number of methoxy groups -OCH3 is 2. The smallest absolute Gasteiger partial charge is 0.416 e. The van der Waals surface area contributed by atoms with E-state index in [-0.39, 0.29) is 19.0 Å². The van der Waals surface area contributed by atoms with E-state index in [0.717, 1.165) is 22.5 Å². The summed E-state index contributed by atoms with van der Waals surface area (Å²) in [6.07, 6.45) is -3.54. The van der Waals surface area contributed by atoms with E-state index in [9.17, 15) is 21.6 Å². The Morgan fingerprint density at radius 3 is 2.56 bits per heavy atom. The first kappa shape index (κ1) is 24.0. The van der Waals surface area contributed by atoms with E-state index in [1.54, 1.807) is 18.2 Å². The number of aromatic nitrogens is 2. The molecule has 0 N–H and O–H groups in total. The Bertz CT molecular complexity index is 1280. The molecule has 0 aliphatic carbocycles. The second-order valence-electron chi connectivity index (χ2n) is 7.75. The summed E-state index contributed by atoms with van der Waals surface area (Å²) in [6.45, 7) is 0.206. The van der Waals surface area contributed by atoms with Gasteiger partial charge in [0.25, 0.3) is 0 Å². The van der Waals surface area contributed by atoms with Gasteiger partial charge < -0.3 is 14.0 Å². The van der Waals surface area contributed by atoms with Gasteiger partial charge in [0, 0.05) is 18.7 Å². The second kappa shape index (κ2) is 9.26. The number of benzene rings is 2. The third kappa shape index (κ3) is 4.73. The Morgan fingerprint density at radius 1 is 1.09 bits per heavy atom. The highest BCUT2D eigenvalue weighted by Crippen LogP contribution is 2.35. The van der Waals surface area contributed by atoms with Gasteiger partial charge in [-0.3, -0.25) is 0 Å². The Hall–Kier alpha value is -3.12. The number of halogens is 3. The van der Waals surface area contributed by atoms with Crippen molar-refractivity contribution in [2.24, 2.45) is 0 Å². The monoisotopic (exact) mass is 497 g/mol. The van der Waals surface area contributed by atoms with Gasteiger partial charge in [-0.15, -0.1) is 0 Å². The molecule has 3 aromatic rings. The maximum atomic E-state index is 13.1. The van der Waals surface area contributed by atoms with Crippen molar-refractivity contribution in [1.82, 2.24) is 14.4 Å². The standard InChI is InChI=1S/C22H22F3N3O5S/c1-31-18-9-8-14(11-19(18)32-2)20-26-21(33-27-20)15-5-4-10-28(13-15)34(29,30)17-7-3-6-16(12-17)22(23,24)25/h3,6-9,11-12,15H,4-5,10,13H2,1-2H3/t15-/m0/s1. The van der Waals surface area contributed by atoms with E-state index < -0.39 is 32.6 Å². The molecule has 12 heteroatoms. The van der Waals surface area contributed by atoms with Crippen molar-refractivity contribution in [2.75, 3.05) is 27.3 Å². The van der Waals surface area contributed by atoms with Crippen LogP contribution in [0.25, 0.3) is 11.4 Å². The van der Waals surface area contributed by atoms with Gasteiger partial charge in [-0.25, -0.2) is 8.42 Å². The minimum Gasteiger partial charge on any atom is -0.493 e. The first-order chi connectivity index (χ1) is 16.1. The summed E-state index contributed by atoms with van der Waals surface area (Å²) in [6, 6.07) is 8.88. The van der Waals surface area contributed by atoms with Gasteiger partial charge in [-0.2, -0.15) is 22.5 Å². The minimum atomic E-state index is -4.64. The lowest BCUT2D eigenvalue weighted by Crippen LogP contribution is -2.39. The quantitative estimate of drug-likeness (QED) is 0.500. The van der Waals surface area contributed by atoms with Crippen LogP contribution < -0.4 is 9.47 Å². The predicted octanol–water partition coefficient (Wildman–Crippen LogP) is 4.34. The Balaban J connectivity index is 1.56. The van der Waals surface area contributed by atoms with E-state index in [2.05, 4.69) is 10.1 Å². The Kier molecular flexibility index (Phi) is 6.54. The van der Waals surface area contributed by atoms with Gasteiger partial charge in [0.1, 0.15) is 0 Å². The lowest BCUT2D eigenvalue weighted by atomic mass is 10.00. The van der Waals surface area contributed by atoms with Crippen LogP contribution in [0.1, 0.15) is 30.2 Å². The van der Waals surface area contributed by atoms with E-state index in [1.165, 1.54) is 14.2 Å². The maximum Gasteiger partial charge on any atom is 0.416 e. The molecule has 8 nitrogen and oxygen atoms in total. The van der Waals surface area contributed by atoms with E-state index >= 15 is 0 Å². The molecule has 1 aliphatic rings. The molecule has 0 spiro atoms. The molecular formula is C22H22F3N3O5S. The van der Waals surface area contributed by atoms with Crippen molar-refractivity contribution in [2.45, 2.75) is 29.8 Å². The molecule has 34 heavy (non-hydrogen) atoms. The first-order valence-electron chi connectivity index (χ1n) is 10.4. The third-order valence-corrected chi connectivity index (χ3v) is 7.48. The molecule has 0 amide bonds. The zero-order valence-electron chi connectivity index (χ0n) is 18.4. The van der Waals surface area contributed by atoms with Gasteiger partial charge >= 0.3 is 6.18 Å². The third-order valence-electron chi connectivity index (χ3n) is 5.62. The van der Waals surface area contributed by atoms with E-state index in [0.29, 0.717) is 41.8 Å². The molecule has 1 aromatic heterocycles. The highest BCUT2D eigenvalue weighted by Gasteiger charge is 2.36. The molecule has 2 aromatic carbocycles. The Labute approximate surface area is 194 Å². The van der Waals surface area contributed by atoms with Crippen LogP contribution in [0.5, 0.6) is 11.5 Å². The number of rotatable bonds is 6.